The van der Waals surface area contributed by atoms with Crippen molar-refractivity contribution in [1.29, 1.82) is 0 Å². The number of imidazole rings is 1. The minimum Gasteiger partial charge on any atom is -0.394 e. The Kier molecular flexibility index (Phi) is 3.66. The highest BCUT2D eigenvalue weighted by Crippen LogP contribution is 2.03. The van der Waals surface area contributed by atoms with Crippen molar-refractivity contribution in [3.63, 3.8) is 0 Å². The number of nitrogens with one attached hydrogen (secondary N) is 1. The topological polar surface area (TPSA) is 50.1 Å². The van der Waals surface area contributed by atoms with Crippen LogP contribution < -0.4 is 5.32 Å². The van der Waals surface area contributed by atoms with Gasteiger partial charge < -0.3 is 15.0 Å². The maximum absolute atomic E-state index is 9.06. The predicted molar refractivity (Wildman–Crippen MR) is 55.9 cm³/mol. The Bertz CT molecular complexity index is 281. The zero-order chi connectivity index (χ0) is 10.6. The van der Waals surface area contributed by atoms with Crippen LogP contribution in [0.4, 0.5) is 0 Å². The second kappa shape index (κ2) is 4.57. The Morgan fingerprint density at radius 3 is 2.86 bits per heavy atom. The van der Waals surface area contributed by atoms with Crippen molar-refractivity contribution in [1.82, 2.24) is 14.9 Å². The van der Waals surface area contributed by atoms with Gasteiger partial charge in [0.1, 0.15) is 5.82 Å². The van der Waals surface area contributed by atoms with Gasteiger partial charge in [-0.1, -0.05) is 0 Å². The maximum Gasteiger partial charge on any atom is 0.122 e. The van der Waals surface area contributed by atoms with Gasteiger partial charge in [0.05, 0.1) is 13.2 Å². The summed E-state index contributed by atoms with van der Waals surface area (Å²) in [5.41, 5.74) is -0.246. The SMILES string of the molecule is CCn1ccnc1CNC(C)(C)CO. The van der Waals surface area contributed by atoms with Crippen molar-refractivity contribution in [2.75, 3.05) is 6.61 Å². The highest BCUT2D eigenvalue weighted by molar-refractivity contribution is 4.93. The van der Waals surface area contributed by atoms with E-state index in [-0.39, 0.29) is 12.1 Å². The van der Waals surface area contributed by atoms with E-state index in [1.165, 1.54) is 0 Å². The van der Waals surface area contributed by atoms with Crippen LogP contribution in [0.5, 0.6) is 0 Å². The molecule has 0 unspecified atom stereocenters. The number of aliphatic hydroxyl groups is 1. The van der Waals surface area contributed by atoms with Crippen molar-refractivity contribution < 1.29 is 5.11 Å². The smallest absolute Gasteiger partial charge is 0.122 e. The molecule has 0 fully saturated rings. The zero-order valence-electron chi connectivity index (χ0n) is 9.12. The summed E-state index contributed by atoms with van der Waals surface area (Å²) >= 11 is 0. The number of aromatic nitrogens is 2. The molecule has 4 heteroatoms. The molecule has 0 aromatic carbocycles. The first-order chi connectivity index (χ1) is 6.59. The predicted octanol–water partition coefficient (Wildman–Crippen LogP) is 0.763. The quantitative estimate of drug-likeness (QED) is 0.733. The van der Waals surface area contributed by atoms with Gasteiger partial charge in [-0.05, 0) is 20.8 Å². The average Bonchev–Trinajstić information content (AvgIpc) is 2.62. The first-order valence-corrected chi connectivity index (χ1v) is 4.95. The fraction of sp³-hybridized carbons (Fsp3) is 0.700. The molecule has 0 spiro atoms. The molecule has 0 atom stereocenters. The van der Waals surface area contributed by atoms with Crippen LogP contribution in [0.2, 0.25) is 0 Å². The first kappa shape index (κ1) is 11.2. The van der Waals surface area contributed by atoms with Gasteiger partial charge in [0, 0.05) is 24.5 Å². The minimum absolute atomic E-state index is 0.125. The summed E-state index contributed by atoms with van der Waals surface area (Å²) in [6.45, 7) is 7.76. The average molecular weight is 197 g/mol. The lowest BCUT2D eigenvalue weighted by Crippen LogP contribution is -2.42. The Morgan fingerprint density at radius 1 is 1.57 bits per heavy atom. The van der Waals surface area contributed by atoms with Crippen molar-refractivity contribution in [2.24, 2.45) is 0 Å². The van der Waals surface area contributed by atoms with Gasteiger partial charge in [-0.15, -0.1) is 0 Å². The van der Waals surface area contributed by atoms with Crippen LogP contribution in [0.15, 0.2) is 12.4 Å². The largest absolute Gasteiger partial charge is 0.394 e. The number of hydrogen-bond donors (Lipinski definition) is 2. The molecule has 14 heavy (non-hydrogen) atoms. The van der Waals surface area contributed by atoms with Crippen LogP contribution in [-0.4, -0.2) is 26.8 Å². The fourth-order valence-corrected chi connectivity index (χ4v) is 1.17. The van der Waals surface area contributed by atoms with Crippen LogP contribution in [0, 0.1) is 0 Å². The maximum atomic E-state index is 9.06. The highest BCUT2D eigenvalue weighted by atomic mass is 16.3. The monoisotopic (exact) mass is 197 g/mol. The van der Waals surface area contributed by atoms with Gasteiger partial charge in [0.15, 0.2) is 0 Å². The lowest BCUT2D eigenvalue weighted by Gasteiger charge is -2.23. The van der Waals surface area contributed by atoms with Crippen molar-refractivity contribution in [2.45, 2.75) is 39.4 Å². The Morgan fingerprint density at radius 2 is 2.29 bits per heavy atom. The van der Waals surface area contributed by atoms with E-state index in [1.807, 2.05) is 20.0 Å². The lowest BCUT2D eigenvalue weighted by molar-refractivity contribution is 0.186. The molecule has 0 aliphatic heterocycles. The molecule has 0 amide bonds. The molecular formula is C10H19N3O. The Balaban J connectivity index is 2.53. The summed E-state index contributed by atoms with van der Waals surface area (Å²) in [5, 5.41) is 12.3. The van der Waals surface area contributed by atoms with Crippen LogP contribution in [0.3, 0.4) is 0 Å². The number of rotatable bonds is 5. The van der Waals surface area contributed by atoms with E-state index in [1.54, 1.807) is 6.20 Å². The van der Waals surface area contributed by atoms with Gasteiger partial charge in [-0.3, -0.25) is 0 Å². The van der Waals surface area contributed by atoms with E-state index in [9.17, 15) is 0 Å². The van der Waals surface area contributed by atoms with E-state index in [0.717, 1.165) is 12.4 Å². The molecule has 1 aromatic rings. The number of hydrogen-bond acceptors (Lipinski definition) is 3. The van der Waals surface area contributed by atoms with Gasteiger partial charge in [-0.25, -0.2) is 4.98 Å². The summed E-state index contributed by atoms with van der Waals surface area (Å²) < 4.78 is 2.08. The molecule has 80 valence electrons. The van der Waals surface area contributed by atoms with Gasteiger partial charge in [-0.2, -0.15) is 0 Å². The fourth-order valence-electron chi connectivity index (χ4n) is 1.17. The van der Waals surface area contributed by atoms with Gasteiger partial charge >= 0.3 is 0 Å². The third-order valence-electron chi connectivity index (χ3n) is 2.26. The second-order valence-corrected chi connectivity index (χ2v) is 4.03. The van der Waals surface area contributed by atoms with Gasteiger partial charge in [0.2, 0.25) is 0 Å². The number of aryl methyl sites for hydroxylation is 1. The van der Waals surface area contributed by atoms with E-state index in [0.29, 0.717) is 6.54 Å². The third kappa shape index (κ3) is 2.82. The summed E-state index contributed by atoms with van der Waals surface area (Å²) in [5.74, 6) is 1.01. The molecule has 1 heterocycles. The van der Waals surface area contributed by atoms with Gasteiger partial charge in [0.25, 0.3) is 0 Å². The third-order valence-corrected chi connectivity index (χ3v) is 2.26. The summed E-state index contributed by atoms with van der Waals surface area (Å²) in [7, 11) is 0. The molecule has 4 nitrogen and oxygen atoms in total. The molecule has 0 saturated carbocycles. The number of aliphatic hydroxyl groups excluding tert-OH is 1. The molecule has 0 saturated heterocycles. The van der Waals surface area contributed by atoms with Crippen molar-refractivity contribution in [3.05, 3.63) is 18.2 Å². The van der Waals surface area contributed by atoms with Crippen LogP contribution in [0.25, 0.3) is 0 Å². The zero-order valence-corrected chi connectivity index (χ0v) is 9.12. The molecule has 2 N–H and O–H groups in total. The Labute approximate surface area is 85.0 Å². The molecular weight excluding hydrogens is 178 g/mol. The normalized spacial score (nSPS) is 12.0. The van der Waals surface area contributed by atoms with E-state index < -0.39 is 0 Å². The molecule has 0 radical (unpaired) electrons. The second-order valence-electron chi connectivity index (χ2n) is 4.03. The summed E-state index contributed by atoms with van der Waals surface area (Å²) in [6, 6.07) is 0. The summed E-state index contributed by atoms with van der Waals surface area (Å²) in [4.78, 5) is 4.24. The van der Waals surface area contributed by atoms with E-state index >= 15 is 0 Å². The Hall–Kier alpha value is -0.870. The highest BCUT2D eigenvalue weighted by Gasteiger charge is 2.15. The first-order valence-electron chi connectivity index (χ1n) is 4.95. The minimum atomic E-state index is -0.246. The molecule has 0 aliphatic rings. The van der Waals surface area contributed by atoms with Crippen molar-refractivity contribution >= 4 is 0 Å². The molecule has 1 aromatic heterocycles. The van der Waals surface area contributed by atoms with Crippen LogP contribution in [0.1, 0.15) is 26.6 Å². The number of nitrogens with zero attached hydrogens (tertiary/aromatic N) is 2. The van der Waals surface area contributed by atoms with Crippen LogP contribution in [-0.2, 0) is 13.1 Å². The standard InChI is InChI=1S/C10H19N3O/c1-4-13-6-5-11-9(13)7-12-10(2,3)8-14/h5-6,12,14H,4,7-8H2,1-3H3. The summed E-state index contributed by atoms with van der Waals surface area (Å²) in [6.07, 6.45) is 3.76. The van der Waals surface area contributed by atoms with Crippen molar-refractivity contribution in [3.8, 4) is 0 Å². The molecule has 0 aliphatic carbocycles. The lowest BCUT2D eigenvalue weighted by atomic mass is 10.1. The van der Waals surface area contributed by atoms with E-state index in [4.69, 9.17) is 5.11 Å². The van der Waals surface area contributed by atoms with Crippen LogP contribution >= 0.6 is 0 Å². The molecule has 0 bridgehead atoms. The van der Waals surface area contributed by atoms with E-state index in [2.05, 4.69) is 21.8 Å². The molecule has 1 rings (SSSR count).